The molecule has 3 rings (SSSR count). The van der Waals surface area contributed by atoms with Gasteiger partial charge >= 0.3 is 0 Å². The lowest BCUT2D eigenvalue weighted by Gasteiger charge is -2.02. The Labute approximate surface area is 136 Å². The summed E-state index contributed by atoms with van der Waals surface area (Å²) in [6, 6.07) is 18.6. The Morgan fingerprint density at radius 3 is 2.70 bits per heavy atom. The van der Waals surface area contributed by atoms with E-state index >= 15 is 0 Å². The molecule has 0 fully saturated rings. The second-order valence-electron chi connectivity index (χ2n) is 5.64. The highest BCUT2D eigenvalue weighted by Gasteiger charge is 2.08. The summed E-state index contributed by atoms with van der Waals surface area (Å²) in [4.78, 5) is 0. The highest BCUT2D eigenvalue weighted by molar-refractivity contribution is 5.53. The van der Waals surface area contributed by atoms with Crippen molar-refractivity contribution in [2.75, 3.05) is 6.54 Å². The zero-order valence-corrected chi connectivity index (χ0v) is 13.3. The van der Waals surface area contributed by atoms with Crippen LogP contribution in [0.3, 0.4) is 0 Å². The number of aromatic nitrogens is 2. The van der Waals surface area contributed by atoms with E-state index in [1.165, 1.54) is 11.1 Å². The van der Waals surface area contributed by atoms with Gasteiger partial charge in [-0.1, -0.05) is 48.0 Å². The van der Waals surface area contributed by atoms with Crippen molar-refractivity contribution >= 4 is 0 Å². The molecule has 0 bridgehead atoms. The van der Waals surface area contributed by atoms with Gasteiger partial charge in [0.05, 0.1) is 6.54 Å². The van der Waals surface area contributed by atoms with Crippen molar-refractivity contribution in [1.82, 2.24) is 15.5 Å². The molecule has 4 nitrogen and oxygen atoms in total. The minimum atomic E-state index is 0.579. The SMILES string of the molecule is Cc1cccc(-c2nnc(CNCCCc3ccccc3)o2)c1. The molecule has 2 aromatic carbocycles. The van der Waals surface area contributed by atoms with Crippen LogP contribution < -0.4 is 5.32 Å². The van der Waals surface area contributed by atoms with E-state index in [4.69, 9.17) is 4.42 Å². The van der Waals surface area contributed by atoms with E-state index in [1.807, 2.05) is 24.3 Å². The molecule has 1 heterocycles. The molecule has 0 saturated heterocycles. The van der Waals surface area contributed by atoms with Gasteiger partial charge in [0.2, 0.25) is 11.8 Å². The Kier molecular flexibility index (Phi) is 5.17. The summed E-state index contributed by atoms with van der Waals surface area (Å²) < 4.78 is 5.70. The van der Waals surface area contributed by atoms with Gasteiger partial charge in [0, 0.05) is 5.56 Å². The van der Waals surface area contributed by atoms with Crippen LogP contribution in [0.5, 0.6) is 0 Å². The average molecular weight is 307 g/mol. The van der Waals surface area contributed by atoms with Crippen LogP contribution in [0.4, 0.5) is 0 Å². The molecule has 0 aliphatic rings. The van der Waals surface area contributed by atoms with Crippen LogP contribution in [-0.2, 0) is 13.0 Å². The van der Waals surface area contributed by atoms with E-state index in [0.717, 1.165) is 24.9 Å². The van der Waals surface area contributed by atoms with Crippen LogP contribution in [0.15, 0.2) is 59.0 Å². The second-order valence-corrected chi connectivity index (χ2v) is 5.64. The number of benzene rings is 2. The first-order valence-electron chi connectivity index (χ1n) is 7.95. The predicted octanol–water partition coefficient (Wildman–Crippen LogP) is 3.77. The number of rotatable bonds is 7. The van der Waals surface area contributed by atoms with Crippen LogP contribution in [-0.4, -0.2) is 16.7 Å². The van der Waals surface area contributed by atoms with Crippen molar-refractivity contribution < 1.29 is 4.42 Å². The molecule has 23 heavy (non-hydrogen) atoms. The molecule has 4 heteroatoms. The van der Waals surface area contributed by atoms with Gasteiger partial charge in [0.1, 0.15) is 0 Å². The number of hydrogen-bond donors (Lipinski definition) is 1. The van der Waals surface area contributed by atoms with Gasteiger partial charge in [-0.15, -0.1) is 10.2 Å². The summed E-state index contributed by atoms with van der Waals surface area (Å²) in [6.45, 7) is 3.58. The van der Waals surface area contributed by atoms with Crippen LogP contribution in [0.2, 0.25) is 0 Å². The predicted molar refractivity (Wildman–Crippen MR) is 90.9 cm³/mol. The zero-order valence-electron chi connectivity index (χ0n) is 13.3. The maximum absolute atomic E-state index is 5.70. The molecule has 1 N–H and O–H groups in total. The number of aryl methyl sites for hydroxylation is 2. The van der Waals surface area contributed by atoms with Crippen molar-refractivity contribution in [2.45, 2.75) is 26.3 Å². The molecule has 0 unspecified atom stereocenters. The Morgan fingerprint density at radius 1 is 1.00 bits per heavy atom. The molecule has 0 aliphatic heterocycles. The van der Waals surface area contributed by atoms with Crippen LogP contribution >= 0.6 is 0 Å². The third-order valence-corrected chi connectivity index (χ3v) is 3.67. The first-order valence-corrected chi connectivity index (χ1v) is 7.95. The molecule has 3 aromatic rings. The molecule has 0 radical (unpaired) electrons. The molecule has 118 valence electrons. The molecule has 0 amide bonds. The molecule has 1 aromatic heterocycles. The van der Waals surface area contributed by atoms with Crippen LogP contribution in [0.25, 0.3) is 11.5 Å². The maximum Gasteiger partial charge on any atom is 0.247 e. The summed E-state index contributed by atoms with van der Waals surface area (Å²) in [5, 5.41) is 11.6. The summed E-state index contributed by atoms with van der Waals surface area (Å²) in [7, 11) is 0. The Hall–Kier alpha value is -2.46. The summed E-state index contributed by atoms with van der Waals surface area (Å²) in [6.07, 6.45) is 2.16. The topological polar surface area (TPSA) is 51.0 Å². The van der Waals surface area contributed by atoms with Gasteiger partial charge < -0.3 is 9.73 Å². The van der Waals surface area contributed by atoms with Gasteiger partial charge in [-0.3, -0.25) is 0 Å². The highest BCUT2D eigenvalue weighted by atomic mass is 16.4. The Morgan fingerprint density at radius 2 is 1.87 bits per heavy atom. The minimum Gasteiger partial charge on any atom is -0.419 e. The standard InChI is InChI=1S/C19H21N3O/c1-15-7-5-11-17(13-15)19-22-21-18(23-19)14-20-12-6-10-16-8-3-2-4-9-16/h2-5,7-9,11,13,20H,6,10,12,14H2,1H3. The lowest BCUT2D eigenvalue weighted by molar-refractivity contribution is 0.475. The lowest BCUT2D eigenvalue weighted by atomic mass is 10.1. The normalized spacial score (nSPS) is 10.8. The molecular weight excluding hydrogens is 286 g/mol. The third-order valence-electron chi connectivity index (χ3n) is 3.67. The third kappa shape index (κ3) is 4.50. The fourth-order valence-electron chi connectivity index (χ4n) is 2.48. The second kappa shape index (κ2) is 7.70. The van der Waals surface area contributed by atoms with E-state index in [0.29, 0.717) is 18.3 Å². The Bertz CT molecular complexity index is 737. The molecular formula is C19H21N3O. The van der Waals surface area contributed by atoms with Crippen molar-refractivity contribution in [1.29, 1.82) is 0 Å². The first kappa shape index (κ1) is 15.4. The first-order chi connectivity index (χ1) is 11.3. The lowest BCUT2D eigenvalue weighted by Crippen LogP contribution is -2.15. The van der Waals surface area contributed by atoms with E-state index in [9.17, 15) is 0 Å². The largest absolute Gasteiger partial charge is 0.419 e. The summed E-state index contributed by atoms with van der Waals surface area (Å²) >= 11 is 0. The van der Waals surface area contributed by atoms with Crippen molar-refractivity contribution in [3.63, 3.8) is 0 Å². The zero-order chi connectivity index (χ0) is 15.9. The Balaban J connectivity index is 1.44. The monoisotopic (exact) mass is 307 g/mol. The van der Waals surface area contributed by atoms with Gasteiger partial charge in [-0.25, -0.2) is 0 Å². The van der Waals surface area contributed by atoms with Crippen LogP contribution in [0, 0.1) is 6.92 Å². The summed E-state index contributed by atoms with van der Waals surface area (Å²) in [5.41, 5.74) is 3.52. The number of nitrogens with one attached hydrogen (secondary N) is 1. The fraction of sp³-hybridized carbons (Fsp3) is 0.263. The highest BCUT2D eigenvalue weighted by Crippen LogP contribution is 2.18. The summed E-state index contributed by atoms with van der Waals surface area (Å²) in [5.74, 6) is 1.20. The fourth-order valence-corrected chi connectivity index (χ4v) is 2.48. The maximum atomic E-state index is 5.70. The molecule has 0 aliphatic carbocycles. The molecule has 0 atom stereocenters. The van der Waals surface area contributed by atoms with Crippen molar-refractivity contribution in [3.8, 4) is 11.5 Å². The van der Waals surface area contributed by atoms with Gasteiger partial charge in [-0.2, -0.15) is 0 Å². The number of hydrogen-bond acceptors (Lipinski definition) is 4. The number of nitrogens with zero attached hydrogens (tertiary/aromatic N) is 2. The van der Waals surface area contributed by atoms with E-state index in [1.54, 1.807) is 0 Å². The van der Waals surface area contributed by atoms with E-state index in [-0.39, 0.29) is 0 Å². The molecule has 0 saturated carbocycles. The smallest absolute Gasteiger partial charge is 0.247 e. The minimum absolute atomic E-state index is 0.579. The molecule has 0 spiro atoms. The van der Waals surface area contributed by atoms with Gasteiger partial charge in [0.15, 0.2) is 0 Å². The van der Waals surface area contributed by atoms with Gasteiger partial charge in [-0.05, 0) is 44.0 Å². The quantitative estimate of drug-likeness (QED) is 0.675. The van der Waals surface area contributed by atoms with Crippen LogP contribution in [0.1, 0.15) is 23.4 Å². The average Bonchev–Trinajstić information content (AvgIpc) is 3.04. The van der Waals surface area contributed by atoms with Crippen molar-refractivity contribution in [3.05, 3.63) is 71.6 Å². The van der Waals surface area contributed by atoms with Gasteiger partial charge in [0.25, 0.3) is 0 Å². The van der Waals surface area contributed by atoms with Crippen molar-refractivity contribution in [2.24, 2.45) is 0 Å². The van der Waals surface area contributed by atoms with E-state index < -0.39 is 0 Å². The van der Waals surface area contributed by atoms with E-state index in [2.05, 4.69) is 52.8 Å².